The Morgan fingerprint density at radius 2 is 1.50 bits per heavy atom. The molecule has 0 aromatic heterocycles. The summed E-state index contributed by atoms with van der Waals surface area (Å²) in [5, 5.41) is 26.6. The minimum atomic E-state index is -4.67. The maximum absolute atomic E-state index is 8.74. The third-order valence-corrected chi connectivity index (χ3v) is 0.414. The van der Waals surface area contributed by atoms with Crippen LogP contribution in [0.15, 0.2) is 0 Å². The number of hydrogen-bond donors (Lipinski definition) is 6. The Bertz CT molecular complexity index is 183. The molecular weight excluding hydrogens is 194 g/mol. The molecule has 0 atom stereocenters. The lowest BCUT2D eigenvalue weighted by Gasteiger charge is -2.11. The molecule has 0 radical (unpaired) electrons. The smallest absolute Gasteiger partial charge is 0.343 e. The van der Waals surface area contributed by atoms with Crippen LogP contribution in [0.5, 0.6) is 0 Å². The van der Waals surface area contributed by atoms with Gasteiger partial charge in [0.25, 0.3) is 5.97 Å². The Morgan fingerprint density at radius 1 is 1.25 bits per heavy atom. The van der Waals surface area contributed by atoms with E-state index in [0.29, 0.717) is 0 Å². The fraction of sp³-hybridized carbons (Fsp3) is 1.00. The quantitative estimate of drug-likeness (QED) is 0.209. The first kappa shape index (κ1) is 14.2. The van der Waals surface area contributed by atoms with Gasteiger partial charge in [0, 0.05) is 0 Å². The molecule has 9 heteroatoms. The largest absolute Gasteiger partial charge is 0.394 e. The van der Waals surface area contributed by atoms with Crippen LogP contribution in [0, 0.1) is 0 Å². The van der Waals surface area contributed by atoms with E-state index >= 15 is 0 Å². The van der Waals surface area contributed by atoms with Gasteiger partial charge in [0.2, 0.25) is 0 Å². The van der Waals surface area contributed by atoms with E-state index in [0.717, 1.165) is 0 Å². The summed E-state index contributed by atoms with van der Waals surface area (Å²) in [4.78, 5) is 0. The first-order valence-corrected chi connectivity index (χ1v) is 3.97. The van der Waals surface area contributed by atoms with Crippen LogP contribution < -0.4 is 5.32 Å². The van der Waals surface area contributed by atoms with E-state index in [1.165, 1.54) is 7.05 Å². The Hall–Kier alpha value is -0.290. The summed E-state index contributed by atoms with van der Waals surface area (Å²) < 4.78 is 31.6. The first-order valence-electron chi connectivity index (χ1n) is 2.58. The Labute approximate surface area is 69.0 Å². The normalized spacial score (nSPS) is 11.8. The highest BCUT2D eigenvalue weighted by Gasteiger charge is 2.14. The second kappa shape index (κ2) is 5.37. The van der Waals surface area contributed by atoms with Crippen LogP contribution >= 0.6 is 0 Å². The van der Waals surface area contributed by atoms with Crippen molar-refractivity contribution in [2.75, 3.05) is 13.6 Å². The van der Waals surface area contributed by atoms with Gasteiger partial charge in [-0.05, 0) is 7.05 Å². The van der Waals surface area contributed by atoms with Gasteiger partial charge in [-0.3, -0.25) is 9.11 Å². The summed E-state index contributed by atoms with van der Waals surface area (Å²) in [6.45, 7) is -0.243. The van der Waals surface area contributed by atoms with Crippen LogP contribution in [-0.4, -0.2) is 52.4 Å². The average Bonchev–Trinajstić information content (AvgIpc) is 1.54. The lowest BCUT2D eigenvalue weighted by atomic mass is 10.6. The highest BCUT2D eigenvalue weighted by molar-refractivity contribution is 7.79. The van der Waals surface area contributed by atoms with Crippen LogP contribution in [0.4, 0.5) is 0 Å². The molecule has 0 aromatic carbocycles. The molecule has 0 aliphatic heterocycles. The molecule has 0 unspecified atom stereocenters. The van der Waals surface area contributed by atoms with Gasteiger partial charge in [-0.15, -0.1) is 0 Å². The molecule has 0 heterocycles. The predicted molar refractivity (Wildman–Crippen MR) is 37.5 cm³/mol. The lowest BCUT2D eigenvalue weighted by molar-refractivity contribution is -0.305. The van der Waals surface area contributed by atoms with Crippen LogP contribution in [0.3, 0.4) is 0 Å². The monoisotopic (exact) mass is 205 g/mol. The third kappa shape index (κ3) is 53.5. The van der Waals surface area contributed by atoms with Crippen molar-refractivity contribution in [1.29, 1.82) is 0 Å². The number of rotatable bonds is 2. The van der Waals surface area contributed by atoms with Gasteiger partial charge in [0.05, 0.1) is 6.54 Å². The molecule has 8 nitrogen and oxygen atoms in total. The van der Waals surface area contributed by atoms with Crippen molar-refractivity contribution < 1.29 is 32.8 Å². The van der Waals surface area contributed by atoms with Gasteiger partial charge in [0.1, 0.15) is 0 Å². The maximum atomic E-state index is 8.74. The number of nitrogens with one attached hydrogen (secondary N) is 1. The molecule has 0 saturated carbocycles. The van der Waals surface area contributed by atoms with Crippen LogP contribution in [0.1, 0.15) is 0 Å². The van der Waals surface area contributed by atoms with E-state index in [2.05, 4.69) is 5.32 Å². The average molecular weight is 205 g/mol. The first-order chi connectivity index (χ1) is 5.06. The lowest BCUT2D eigenvalue weighted by Crippen LogP contribution is -2.38. The van der Waals surface area contributed by atoms with E-state index in [9.17, 15) is 0 Å². The highest BCUT2D eigenvalue weighted by Crippen LogP contribution is 1.85. The maximum Gasteiger partial charge on any atom is 0.394 e. The van der Waals surface area contributed by atoms with E-state index in [1.807, 2.05) is 0 Å². The summed E-state index contributed by atoms with van der Waals surface area (Å²) in [5.74, 6) is -2.56. The minimum absolute atomic E-state index is 0.243. The molecular formula is C3H11NO7S. The van der Waals surface area contributed by atoms with Crippen molar-refractivity contribution in [2.45, 2.75) is 5.97 Å². The molecule has 6 N–H and O–H groups in total. The van der Waals surface area contributed by atoms with E-state index < -0.39 is 16.4 Å². The molecule has 0 fully saturated rings. The van der Waals surface area contributed by atoms with E-state index in [1.54, 1.807) is 0 Å². The van der Waals surface area contributed by atoms with Gasteiger partial charge in [-0.1, -0.05) is 0 Å². The Kier molecular flexibility index (Phi) is 6.38. The number of likely N-dealkylation sites (N-methyl/N-ethyl adjacent to an activating group) is 1. The van der Waals surface area contributed by atoms with Gasteiger partial charge in [0.15, 0.2) is 0 Å². The summed E-state index contributed by atoms with van der Waals surface area (Å²) in [5.41, 5.74) is 0. The van der Waals surface area contributed by atoms with Gasteiger partial charge in [-0.2, -0.15) is 8.42 Å². The van der Waals surface area contributed by atoms with Gasteiger partial charge < -0.3 is 20.6 Å². The second-order valence-electron chi connectivity index (χ2n) is 1.75. The van der Waals surface area contributed by atoms with Crippen LogP contribution in [0.2, 0.25) is 0 Å². The van der Waals surface area contributed by atoms with E-state index in [4.69, 9.17) is 32.8 Å². The topological polar surface area (TPSA) is 147 Å². The predicted octanol–water partition coefficient (Wildman–Crippen LogP) is -2.82. The molecule has 76 valence electrons. The number of hydrogen-bond acceptors (Lipinski definition) is 6. The molecule has 12 heavy (non-hydrogen) atoms. The summed E-state index contributed by atoms with van der Waals surface area (Å²) in [6.07, 6.45) is 0. The van der Waals surface area contributed by atoms with Crippen molar-refractivity contribution in [3.05, 3.63) is 0 Å². The van der Waals surface area contributed by atoms with Crippen molar-refractivity contribution in [1.82, 2.24) is 5.32 Å². The molecule has 0 aliphatic rings. The fourth-order valence-corrected chi connectivity index (χ4v) is 0.237. The van der Waals surface area contributed by atoms with Crippen molar-refractivity contribution >= 4 is 10.4 Å². The molecule has 0 amide bonds. The molecule has 0 aliphatic carbocycles. The molecule has 0 bridgehead atoms. The minimum Gasteiger partial charge on any atom is -0.343 e. The number of aliphatic hydroxyl groups is 3. The summed E-state index contributed by atoms with van der Waals surface area (Å²) in [6, 6.07) is 0. The summed E-state index contributed by atoms with van der Waals surface area (Å²) in [7, 11) is -3.17. The van der Waals surface area contributed by atoms with Gasteiger partial charge >= 0.3 is 10.4 Å². The van der Waals surface area contributed by atoms with Crippen LogP contribution in [0.25, 0.3) is 0 Å². The van der Waals surface area contributed by atoms with Crippen molar-refractivity contribution in [2.24, 2.45) is 0 Å². The van der Waals surface area contributed by atoms with Crippen LogP contribution in [-0.2, 0) is 10.4 Å². The zero-order valence-electron chi connectivity index (χ0n) is 6.17. The highest BCUT2D eigenvalue weighted by atomic mass is 32.3. The third-order valence-electron chi connectivity index (χ3n) is 0.414. The second-order valence-corrected chi connectivity index (χ2v) is 2.65. The fourth-order valence-electron chi connectivity index (χ4n) is 0.237. The van der Waals surface area contributed by atoms with Crippen molar-refractivity contribution in [3.63, 3.8) is 0 Å². The Balaban J connectivity index is 0. The van der Waals surface area contributed by atoms with E-state index in [-0.39, 0.29) is 6.54 Å². The van der Waals surface area contributed by atoms with Gasteiger partial charge in [-0.25, -0.2) is 0 Å². The summed E-state index contributed by atoms with van der Waals surface area (Å²) >= 11 is 0. The molecule has 0 aromatic rings. The zero-order chi connectivity index (χ0) is 10.4. The molecule has 0 saturated heterocycles. The standard InChI is InChI=1S/C3H9NO3.H2O4S/c1-4-2-3(5,6)7;1-5(2,3)4/h4-7H,2H2,1H3;(H2,1,2,3,4). The van der Waals surface area contributed by atoms with Crippen molar-refractivity contribution in [3.8, 4) is 0 Å². The molecule has 0 rings (SSSR count). The SMILES string of the molecule is CNCC(O)(O)O.O=S(=O)(O)O. The zero-order valence-corrected chi connectivity index (χ0v) is 6.98. The Morgan fingerprint density at radius 3 is 1.50 bits per heavy atom. The molecule has 0 spiro atoms.